The summed E-state index contributed by atoms with van der Waals surface area (Å²) in [6, 6.07) is 2.33. The number of phenolic OH excluding ortho intramolecular Hbond substituents is 1. The summed E-state index contributed by atoms with van der Waals surface area (Å²) in [6.45, 7) is 0.447. The van der Waals surface area contributed by atoms with Crippen LogP contribution in [0.15, 0.2) is 12.1 Å². The summed E-state index contributed by atoms with van der Waals surface area (Å²) in [4.78, 5) is 24.9. The van der Waals surface area contributed by atoms with Crippen molar-refractivity contribution < 1.29 is 29.3 Å². The van der Waals surface area contributed by atoms with E-state index < -0.39 is 12.0 Å². The Morgan fingerprint density at radius 1 is 1.27 bits per heavy atom. The van der Waals surface area contributed by atoms with Gasteiger partial charge in [0, 0.05) is 6.54 Å². The van der Waals surface area contributed by atoms with E-state index in [2.05, 4.69) is 0 Å². The van der Waals surface area contributed by atoms with Crippen LogP contribution >= 0.6 is 0 Å². The van der Waals surface area contributed by atoms with E-state index in [9.17, 15) is 14.7 Å². The fourth-order valence-electron chi connectivity index (χ4n) is 2.65. The van der Waals surface area contributed by atoms with E-state index in [1.165, 1.54) is 19.1 Å². The first kappa shape index (κ1) is 15.9. The van der Waals surface area contributed by atoms with Crippen LogP contribution in [0.1, 0.15) is 18.4 Å². The van der Waals surface area contributed by atoms with Gasteiger partial charge in [-0.15, -0.1) is 0 Å². The first-order chi connectivity index (χ1) is 10.5. The molecule has 1 heterocycles. The van der Waals surface area contributed by atoms with Crippen molar-refractivity contribution in [2.75, 3.05) is 20.8 Å². The number of nitrogens with zero attached hydrogens (tertiary/aromatic N) is 1. The number of carbonyl (C=O) groups is 2. The lowest BCUT2D eigenvalue weighted by atomic mass is 10.1. The number of carbonyl (C=O) groups excluding carboxylic acids is 1. The third kappa shape index (κ3) is 3.08. The summed E-state index contributed by atoms with van der Waals surface area (Å²) in [6.07, 6.45) is 1.19. The molecule has 7 heteroatoms. The molecule has 0 unspecified atom stereocenters. The van der Waals surface area contributed by atoms with Gasteiger partial charge in [-0.1, -0.05) is 0 Å². The van der Waals surface area contributed by atoms with Gasteiger partial charge >= 0.3 is 5.97 Å². The summed E-state index contributed by atoms with van der Waals surface area (Å²) in [7, 11) is 2.81. The molecule has 1 aliphatic heterocycles. The number of rotatable bonds is 5. The average molecular weight is 309 g/mol. The third-order valence-corrected chi connectivity index (χ3v) is 3.75. The zero-order valence-electron chi connectivity index (χ0n) is 12.5. The van der Waals surface area contributed by atoms with Gasteiger partial charge < -0.3 is 24.6 Å². The highest BCUT2D eigenvalue weighted by Gasteiger charge is 2.33. The predicted octanol–water partition coefficient (Wildman–Crippen LogP) is 1.03. The van der Waals surface area contributed by atoms with Crippen molar-refractivity contribution in [2.45, 2.75) is 25.3 Å². The molecule has 1 aromatic carbocycles. The number of amides is 1. The SMILES string of the molecule is COc1cc(CC(=O)N2CCC[C@@H]2C(=O)O)cc(OC)c1O. The number of phenols is 1. The number of aliphatic carboxylic acids is 1. The van der Waals surface area contributed by atoms with Gasteiger partial charge in [-0.2, -0.15) is 0 Å². The third-order valence-electron chi connectivity index (χ3n) is 3.75. The van der Waals surface area contributed by atoms with E-state index in [0.717, 1.165) is 0 Å². The van der Waals surface area contributed by atoms with E-state index in [4.69, 9.17) is 14.6 Å². The van der Waals surface area contributed by atoms with Crippen LogP contribution in [0.4, 0.5) is 0 Å². The second-order valence-corrected chi connectivity index (χ2v) is 5.11. The normalized spacial score (nSPS) is 17.4. The zero-order valence-corrected chi connectivity index (χ0v) is 12.5. The number of ether oxygens (including phenoxy) is 2. The fourth-order valence-corrected chi connectivity index (χ4v) is 2.65. The molecule has 22 heavy (non-hydrogen) atoms. The van der Waals surface area contributed by atoms with Crippen molar-refractivity contribution in [1.29, 1.82) is 0 Å². The molecule has 7 nitrogen and oxygen atoms in total. The Hall–Kier alpha value is -2.44. The predicted molar refractivity (Wildman–Crippen MR) is 77.3 cm³/mol. The van der Waals surface area contributed by atoms with Gasteiger partial charge in [0.05, 0.1) is 20.6 Å². The largest absolute Gasteiger partial charge is 0.502 e. The zero-order chi connectivity index (χ0) is 16.3. The van der Waals surface area contributed by atoms with Crippen LogP contribution in [-0.4, -0.2) is 53.8 Å². The Morgan fingerprint density at radius 3 is 2.36 bits per heavy atom. The van der Waals surface area contributed by atoms with Gasteiger partial charge in [-0.25, -0.2) is 4.79 Å². The molecule has 0 aliphatic carbocycles. The van der Waals surface area contributed by atoms with Crippen LogP contribution in [-0.2, 0) is 16.0 Å². The summed E-state index contributed by atoms with van der Waals surface area (Å²) in [5.74, 6) is -0.964. The number of benzene rings is 1. The fraction of sp³-hybridized carbons (Fsp3) is 0.467. The van der Waals surface area contributed by atoms with Crippen molar-refractivity contribution in [2.24, 2.45) is 0 Å². The van der Waals surface area contributed by atoms with Gasteiger partial charge in [0.2, 0.25) is 11.7 Å². The first-order valence-electron chi connectivity index (χ1n) is 6.94. The number of carboxylic acid groups (broad SMARTS) is 1. The second-order valence-electron chi connectivity index (χ2n) is 5.11. The Kier molecular flexibility index (Phi) is 4.75. The molecule has 120 valence electrons. The Balaban J connectivity index is 2.19. The molecule has 2 N–H and O–H groups in total. The van der Waals surface area contributed by atoms with E-state index in [1.807, 2.05) is 0 Å². The maximum atomic E-state index is 12.3. The van der Waals surface area contributed by atoms with Crippen molar-refractivity contribution in [1.82, 2.24) is 4.90 Å². The lowest BCUT2D eigenvalue weighted by molar-refractivity contribution is -0.148. The summed E-state index contributed by atoms with van der Waals surface area (Å²) < 4.78 is 10.1. The lowest BCUT2D eigenvalue weighted by Gasteiger charge is -2.21. The Morgan fingerprint density at radius 2 is 1.86 bits per heavy atom. The van der Waals surface area contributed by atoms with Gasteiger partial charge in [-0.05, 0) is 30.5 Å². The van der Waals surface area contributed by atoms with Crippen LogP contribution < -0.4 is 9.47 Å². The van der Waals surface area contributed by atoms with Crippen LogP contribution in [0, 0.1) is 0 Å². The number of methoxy groups -OCH3 is 2. The Bertz CT molecular complexity index is 560. The van der Waals surface area contributed by atoms with Crippen molar-refractivity contribution in [3.8, 4) is 17.2 Å². The smallest absolute Gasteiger partial charge is 0.326 e. The topological polar surface area (TPSA) is 96.3 Å². The highest BCUT2D eigenvalue weighted by molar-refractivity contribution is 5.85. The molecule has 0 aromatic heterocycles. The van der Waals surface area contributed by atoms with Crippen LogP contribution in [0.5, 0.6) is 17.2 Å². The molecule has 1 aromatic rings. The lowest BCUT2D eigenvalue weighted by Crippen LogP contribution is -2.41. The van der Waals surface area contributed by atoms with Gasteiger partial charge in [0.15, 0.2) is 11.5 Å². The van der Waals surface area contributed by atoms with E-state index >= 15 is 0 Å². The van der Waals surface area contributed by atoms with Gasteiger partial charge in [-0.3, -0.25) is 4.79 Å². The maximum Gasteiger partial charge on any atom is 0.326 e. The van der Waals surface area contributed by atoms with E-state index in [-0.39, 0.29) is 29.6 Å². The van der Waals surface area contributed by atoms with E-state index in [1.54, 1.807) is 12.1 Å². The molecule has 0 radical (unpaired) electrons. The van der Waals surface area contributed by atoms with Crippen LogP contribution in [0.3, 0.4) is 0 Å². The molecule has 0 bridgehead atoms. The molecule has 1 saturated heterocycles. The maximum absolute atomic E-state index is 12.3. The Labute approximate surface area is 128 Å². The molecule has 1 atom stereocenters. The minimum absolute atomic E-state index is 0.0246. The van der Waals surface area contributed by atoms with Crippen LogP contribution in [0.2, 0.25) is 0 Å². The highest BCUT2D eigenvalue weighted by Crippen LogP contribution is 2.37. The molecular formula is C15H19NO6. The van der Waals surface area contributed by atoms with Gasteiger partial charge in [0.25, 0.3) is 0 Å². The van der Waals surface area contributed by atoms with Crippen LogP contribution in [0.25, 0.3) is 0 Å². The summed E-state index contributed by atoms with van der Waals surface area (Å²) >= 11 is 0. The van der Waals surface area contributed by atoms with Crippen molar-refractivity contribution in [3.63, 3.8) is 0 Å². The summed E-state index contributed by atoms with van der Waals surface area (Å²) in [5, 5.41) is 19.0. The number of carboxylic acids is 1. The average Bonchev–Trinajstić information content (AvgIpc) is 2.98. The molecule has 1 amide bonds. The van der Waals surface area contributed by atoms with Crippen molar-refractivity contribution >= 4 is 11.9 Å². The number of hydrogen-bond acceptors (Lipinski definition) is 5. The monoisotopic (exact) mass is 309 g/mol. The standard InChI is InChI=1S/C15H19NO6/c1-21-11-6-9(7-12(22-2)14(11)18)8-13(17)16-5-3-4-10(16)15(19)20/h6-7,10,18H,3-5,8H2,1-2H3,(H,19,20)/t10-/m1/s1. The molecule has 1 aliphatic rings. The minimum atomic E-state index is -0.980. The van der Waals surface area contributed by atoms with E-state index in [0.29, 0.717) is 24.9 Å². The molecule has 0 saturated carbocycles. The molecular weight excluding hydrogens is 290 g/mol. The first-order valence-corrected chi connectivity index (χ1v) is 6.94. The number of hydrogen-bond donors (Lipinski definition) is 2. The van der Waals surface area contributed by atoms with Gasteiger partial charge in [0.1, 0.15) is 6.04 Å². The number of likely N-dealkylation sites (tertiary alicyclic amines) is 1. The highest BCUT2D eigenvalue weighted by atomic mass is 16.5. The van der Waals surface area contributed by atoms with Crippen molar-refractivity contribution in [3.05, 3.63) is 17.7 Å². The number of aromatic hydroxyl groups is 1. The quantitative estimate of drug-likeness (QED) is 0.843. The second kappa shape index (κ2) is 6.55. The molecule has 2 rings (SSSR count). The minimum Gasteiger partial charge on any atom is -0.502 e. The molecule has 0 spiro atoms. The summed E-state index contributed by atoms with van der Waals surface area (Å²) in [5.41, 5.74) is 0.590. The molecule has 1 fully saturated rings.